The number of hydrogen-bond donors (Lipinski definition) is 5. The van der Waals surface area contributed by atoms with Gasteiger partial charge in [-0.25, -0.2) is 17.8 Å². The molecule has 0 radical (unpaired) electrons. The van der Waals surface area contributed by atoms with Gasteiger partial charge in [0.05, 0.1) is 15.9 Å². The number of aliphatic carboxylic acids is 1. The third kappa shape index (κ3) is 6.81. The van der Waals surface area contributed by atoms with E-state index in [1.807, 2.05) is 41.1 Å². The van der Waals surface area contributed by atoms with E-state index in [-0.39, 0.29) is 10.9 Å². The standard InChI is InChI=1S/C28H29FN6O5S/c29-19-7-11-22(12-8-19)41(39,40)34-25(27(37)38)17-30-26(36)18-5-9-21(10-6-18)35-15-13-20(14-16-35)31-28-32-23-3-1-2-4-24(23)33-28/h1-12,20,25,34H,13-17H2,(H,30,36)(H,37,38)(H2,31,32,33)/t25-/m0/s1. The van der Waals surface area contributed by atoms with Crippen LogP contribution in [0.3, 0.4) is 0 Å². The van der Waals surface area contributed by atoms with Gasteiger partial charge in [-0.05, 0) is 73.5 Å². The lowest BCUT2D eigenvalue weighted by atomic mass is 10.0. The number of carbonyl (C=O) groups is 2. The van der Waals surface area contributed by atoms with Crippen LogP contribution >= 0.6 is 0 Å². The topological polar surface area (TPSA) is 157 Å². The molecule has 11 nitrogen and oxygen atoms in total. The zero-order valence-electron chi connectivity index (χ0n) is 21.9. The maximum Gasteiger partial charge on any atom is 0.323 e. The van der Waals surface area contributed by atoms with Crippen LogP contribution in [0, 0.1) is 5.82 Å². The van der Waals surface area contributed by atoms with Crippen molar-refractivity contribution in [1.29, 1.82) is 0 Å². The summed E-state index contributed by atoms with van der Waals surface area (Å²) in [6.45, 7) is 1.15. The van der Waals surface area contributed by atoms with Gasteiger partial charge in [0.1, 0.15) is 11.9 Å². The zero-order chi connectivity index (χ0) is 29.0. The Morgan fingerprint density at radius 2 is 1.71 bits per heavy atom. The van der Waals surface area contributed by atoms with E-state index >= 15 is 0 Å². The normalized spacial score (nSPS) is 15.0. The van der Waals surface area contributed by atoms with Crippen molar-refractivity contribution in [3.63, 3.8) is 0 Å². The quantitative estimate of drug-likeness (QED) is 0.192. The number of carboxylic acids is 1. The van der Waals surface area contributed by atoms with Crippen LogP contribution in [0.4, 0.5) is 16.0 Å². The average Bonchev–Trinajstić information content (AvgIpc) is 3.38. The number of benzene rings is 3. The smallest absolute Gasteiger partial charge is 0.323 e. The first-order valence-electron chi connectivity index (χ1n) is 13.0. The Morgan fingerprint density at radius 3 is 2.37 bits per heavy atom. The van der Waals surface area contributed by atoms with Crippen LogP contribution in [-0.2, 0) is 14.8 Å². The summed E-state index contributed by atoms with van der Waals surface area (Å²) in [5, 5.41) is 15.4. The van der Waals surface area contributed by atoms with Gasteiger partial charge in [0.15, 0.2) is 0 Å². The molecule has 214 valence electrons. The van der Waals surface area contributed by atoms with Crippen LogP contribution in [0.2, 0.25) is 0 Å². The number of fused-ring (bicyclic) bond motifs is 1. The number of hydrogen-bond acceptors (Lipinski definition) is 7. The first-order chi connectivity index (χ1) is 19.7. The van der Waals surface area contributed by atoms with E-state index in [0.717, 1.165) is 72.9 Å². The Labute approximate surface area is 235 Å². The van der Waals surface area contributed by atoms with Crippen LogP contribution < -0.4 is 20.3 Å². The molecule has 0 aliphatic carbocycles. The SMILES string of the molecule is O=C(NC[C@H](NS(=O)(=O)c1ccc(F)cc1)C(=O)O)c1ccc(N2CCC(Nc3nc4ccccc4[nH]3)CC2)cc1. The predicted octanol–water partition coefficient (Wildman–Crippen LogP) is 2.94. The first-order valence-corrected chi connectivity index (χ1v) is 14.5. The van der Waals surface area contributed by atoms with E-state index in [9.17, 15) is 27.5 Å². The third-order valence-electron chi connectivity index (χ3n) is 6.91. The van der Waals surface area contributed by atoms with Crippen LogP contribution in [-0.4, -0.2) is 67.1 Å². The van der Waals surface area contributed by atoms with Crippen molar-refractivity contribution in [3.8, 4) is 0 Å². The number of carbonyl (C=O) groups excluding carboxylic acids is 1. The number of halogens is 1. The lowest BCUT2D eigenvalue weighted by Gasteiger charge is -2.34. The van der Waals surface area contributed by atoms with Gasteiger partial charge < -0.3 is 25.6 Å². The largest absolute Gasteiger partial charge is 0.480 e. The van der Waals surface area contributed by atoms with Gasteiger partial charge in [0.2, 0.25) is 16.0 Å². The van der Waals surface area contributed by atoms with Gasteiger partial charge in [-0.15, -0.1) is 0 Å². The fourth-order valence-electron chi connectivity index (χ4n) is 4.67. The molecule has 0 spiro atoms. The van der Waals surface area contributed by atoms with Gasteiger partial charge in [0.25, 0.3) is 5.91 Å². The number of sulfonamides is 1. The summed E-state index contributed by atoms with van der Waals surface area (Å²) in [7, 11) is -4.24. The molecule has 2 heterocycles. The number of nitrogens with zero attached hydrogens (tertiary/aromatic N) is 2. The van der Waals surface area contributed by atoms with Crippen molar-refractivity contribution in [1.82, 2.24) is 20.0 Å². The lowest BCUT2D eigenvalue weighted by molar-refractivity contribution is -0.138. The molecule has 1 fully saturated rings. The Morgan fingerprint density at radius 1 is 1.02 bits per heavy atom. The molecule has 0 saturated carbocycles. The van der Waals surface area contributed by atoms with Crippen molar-refractivity contribution in [3.05, 3.63) is 84.2 Å². The summed E-state index contributed by atoms with van der Waals surface area (Å²) in [5.41, 5.74) is 3.17. The van der Waals surface area contributed by atoms with Crippen LogP contribution in [0.5, 0.6) is 0 Å². The predicted molar refractivity (Wildman–Crippen MR) is 152 cm³/mol. The number of nitrogens with one attached hydrogen (secondary N) is 4. The maximum absolute atomic E-state index is 13.1. The highest BCUT2D eigenvalue weighted by molar-refractivity contribution is 7.89. The molecular formula is C28H29FN6O5S. The lowest BCUT2D eigenvalue weighted by Crippen LogP contribution is -2.48. The molecule has 1 aliphatic heterocycles. The molecule has 13 heteroatoms. The molecule has 1 atom stereocenters. The molecule has 4 aromatic rings. The molecule has 41 heavy (non-hydrogen) atoms. The Kier molecular flexibility index (Phi) is 8.17. The van der Waals surface area contributed by atoms with E-state index in [4.69, 9.17) is 0 Å². The number of piperidine rings is 1. The van der Waals surface area contributed by atoms with E-state index in [2.05, 4.69) is 25.5 Å². The van der Waals surface area contributed by atoms with Crippen LogP contribution in [0.25, 0.3) is 11.0 Å². The first kappa shape index (κ1) is 28.1. The van der Waals surface area contributed by atoms with Crippen LogP contribution in [0.15, 0.2) is 77.7 Å². The Bertz CT molecular complexity index is 1600. The van der Waals surface area contributed by atoms with E-state index in [0.29, 0.717) is 5.56 Å². The molecule has 5 N–H and O–H groups in total. The number of imidazole rings is 1. The van der Waals surface area contributed by atoms with Crippen molar-refractivity contribution in [2.24, 2.45) is 0 Å². The fraction of sp³-hybridized carbons (Fsp3) is 0.250. The molecule has 0 unspecified atom stereocenters. The molecule has 1 amide bonds. The Hall–Kier alpha value is -4.49. The second-order valence-electron chi connectivity index (χ2n) is 9.73. The van der Waals surface area contributed by atoms with E-state index in [1.54, 1.807) is 12.1 Å². The number of carboxylic acid groups (broad SMARTS) is 1. The van der Waals surface area contributed by atoms with Crippen molar-refractivity contribution in [2.45, 2.75) is 29.8 Å². The number of aromatic amines is 1. The van der Waals surface area contributed by atoms with E-state index in [1.165, 1.54) is 0 Å². The highest BCUT2D eigenvalue weighted by Gasteiger charge is 2.26. The van der Waals surface area contributed by atoms with Gasteiger partial charge in [-0.1, -0.05) is 12.1 Å². The number of aromatic nitrogens is 2. The van der Waals surface area contributed by atoms with Gasteiger partial charge >= 0.3 is 5.97 Å². The van der Waals surface area contributed by atoms with Gasteiger partial charge in [-0.2, -0.15) is 4.72 Å². The molecule has 1 aromatic heterocycles. The van der Waals surface area contributed by atoms with Gasteiger partial charge in [-0.3, -0.25) is 9.59 Å². The molecule has 5 rings (SSSR count). The zero-order valence-corrected chi connectivity index (χ0v) is 22.7. The van der Waals surface area contributed by atoms with Crippen molar-refractivity contribution in [2.75, 3.05) is 29.9 Å². The number of anilines is 2. The summed E-state index contributed by atoms with van der Waals surface area (Å²) in [5.74, 6) is -1.88. The summed E-state index contributed by atoms with van der Waals surface area (Å²) < 4.78 is 40.1. The molecule has 3 aromatic carbocycles. The summed E-state index contributed by atoms with van der Waals surface area (Å²) in [6.07, 6.45) is 1.81. The molecule has 0 bridgehead atoms. The highest BCUT2D eigenvalue weighted by atomic mass is 32.2. The third-order valence-corrected chi connectivity index (χ3v) is 8.39. The minimum atomic E-state index is -4.24. The second-order valence-corrected chi connectivity index (χ2v) is 11.4. The summed E-state index contributed by atoms with van der Waals surface area (Å²) in [4.78, 5) is 34.1. The van der Waals surface area contributed by atoms with Crippen LogP contribution in [0.1, 0.15) is 23.2 Å². The molecular weight excluding hydrogens is 551 g/mol. The molecule has 1 aliphatic rings. The summed E-state index contributed by atoms with van der Waals surface area (Å²) in [6, 6.07) is 17.4. The minimum absolute atomic E-state index is 0.277. The Balaban J connectivity index is 1.12. The fourth-order valence-corrected chi connectivity index (χ4v) is 5.85. The summed E-state index contributed by atoms with van der Waals surface area (Å²) >= 11 is 0. The van der Waals surface area contributed by atoms with Crippen molar-refractivity contribution >= 4 is 44.6 Å². The second kappa shape index (κ2) is 11.9. The monoisotopic (exact) mass is 580 g/mol. The number of H-pyrrole nitrogens is 1. The van der Waals surface area contributed by atoms with Gasteiger partial charge in [0, 0.05) is 36.9 Å². The maximum atomic E-state index is 13.1. The number of para-hydroxylation sites is 2. The number of amides is 1. The average molecular weight is 581 g/mol. The highest BCUT2D eigenvalue weighted by Crippen LogP contribution is 2.23. The number of rotatable bonds is 10. The van der Waals surface area contributed by atoms with E-state index < -0.39 is 40.3 Å². The molecule has 1 saturated heterocycles. The minimum Gasteiger partial charge on any atom is -0.480 e. The van der Waals surface area contributed by atoms with Crippen molar-refractivity contribution < 1.29 is 27.5 Å².